The second-order valence-corrected chi connectivity index (χ2v) is 12.0. The van der Waals surface area contributed by atoms with Crippen LogP contribution >= 0.6 is 0 Å². The monoisotopic (exact) mass is 503 g/mol. The Morgan fingerprint density at radius 2 is 1.86 bits per heavy atom. The first-order chi connectivity index (χ1) is 17.7. The second kappa shape index (κ2) is 10.1. The van der Waals surface area contributed by atoms with Gasteiger partial charge in [0.1, 0.15) is 17.5 Å². The van der Waals surface area contributed by atoms with Gasteiger partial charge in [-0.2, -0.15) is 0 Å². The fourth-order valence-electron chi connectivity index (χ4n) is 5.83. The van der Waals surface area contributed by atoms with E-state index in [-0.39, 0.29) is 17.8 Å². The van der Waals surface area contributed by atoms with Crippen LogP contribution in [-0.4, -0.2) is 47.7 Å². The molecule has 0 radical (unpaired) electrons. The highest BCUT2D eigenvalue weighted by atomic mass is 16.6. The lowest BCUT2D eigenvalue weighted by atomic mass is 9.49. The fourth-order valence-corrected chi connectivity index (χ4v) is 5.83. The van der Waals surface area contributed by atoms with E-state index in [1.165, 1.54) is 5.56 Å². The second-order valence-electron chi connectivity index (χ2n) is 12.0. The van der Waals surface area contributed by atoms with Gasteiger partial charge in [-0.3, -0.25) is 15.2 Å². The Morgan fingerprint density at radius 1 is 1.14 bits per heavy atom. The first-order valence-electron chi connectivity index (χ1n) is 13.8. The summed E-state index contributed by atoms with van der Waals surface area (Å²) in [5.74, 6) is 1.66. The molecule has 4 aliphatic rings. The molecule has 0 spiro atoms. The maximum absolute atomic E-state index is 13.1. The summed E-state index contributed by atoms with van der Waals surface area (Å²) in [6, 6.07) is 14.8. The zero-order valence-electron chi connectivity index (χ0n) is 23.0. The number of hydrogen-bond donors (Lipinski definition) is 1. The normalized spacial score (nSPS) is 23.8. The van der Waals surface area contributed by atoms with Crippen LogP contribution in [0.3, 0.4) is 0 Å². The third-order valence-electron chi connectivity index (χ3n) is 7.94. The number of methoxy groups -OCH3 is 1. The van der Waals surface area contributed by atoms with Crippen LogP contribution in [0.25, 0.3) is 0 Å². The van der Waals surface area contributed by atoms with E-state index in [0.717, 1.165) is 79.1 Å². The molecule has 37 heavy (non-hydrogen) atoms. The maximum Gasteiger partial charge on any atom is 0.411 e. The first-order valence-corrected chi connectivity index (χ1v) is 13.8. The Bertz CT molecular complexity index is 1150. The smallest absolute Gasteiger partial charge is 0.411 e. The highest BCUT2D eigenvalue weighted by Gasteiger charge is 2.61. The van der Waals surface area contributed by atoms with Crippen LogP contribution in [0.5, 0.6) is 5.75 Å². The molecule has 3 fully saturated rings. The standard InChI is InChI=1S/C31H41N3O3/c1-6-7-14-32-27-16-24-15-25(36-5)12-13-26(24)28(33-27)23-10-8-21(9-11-23)20-34(29(35)37-30(2,3)4)31-17-22(18-31)19-31/h8-13,15,22,27,32H,6-7,14,16-20H2,1-5H3/t22?,27-,31?/m1/s1. The van der Waals surface area contributed by atoms with E-state index in [0.29, 0.717) is 6.54 Å². The van der Waals surface area contributed by atoms with Crippen LogP contribution < -0.4 is 10.1 Å². The van der Waals surface area contributed by atoms with E-state index < -0.39 is 5.60 Å². The van der Waals surface area contributed by atoms with Crippen molar-refractivity contribution in [2.45, 2.75) is 90.1 Å². The minimum absolute atomic E-state index is 0.00546. The van der Waals surface area contributed by atoms with Gasteiger partial charge in [0.15, 0.2) is 0 Å². The molecule has 0 unspecified atom stereocenters. The Labute approximate surface area is 221 Å². The predicted octanol–water partition coefficient (Wildman–Crippen LogP) is 6.09. The van der Waals surface area contributed by atoms with Crippen LogP contribution in [0.2, 0.25) is 0 Å². The van der Waals surface area contributed by atoms with Crippen molar-refractivity contribution in [3.63, 3.8) is 0 Å². The highest BCUT2D eigenvalue weighted by molar-refractivity contribution is 6.14. The number of nitrogens with zero attached hydrogens (tertiary/aromatic N) is 2. The number of amides is 1. The summed E-state index contributed by atoms with van der Waals surface area (Å²) >= 11 is 0. The Morgan fingerprint density at radius 3 is 2.46 bits per heavy atom. The Kier molecular flexibility index (Phi) is 7.06. The Hall–Kier alpha value is -2.86. The summed E-state index contributed by atoms with van der Waals surface area (Å²) in [6.07, 6.45) is 6.31. The summed E-state index contributed by atoms with van der Waals surface area (Å²) in [5.41, 5.74) is 5.12. The minimum atomic E-state index is -0.500. The molecule has 198 valence electrons. The molecule has 2 bridgehead atoms. The molecule has 6 rings (SSSR count). The number of hydrogen-bond acceptors (Lipinski definition) is 5. The van der Waals surface area contributed by atoms with E-state index in [1.807, 2.05) is 31.7 Å². The van der Waals surface area contributed by atoms with Gasteiger partial charge in [0.05, 0.1) is 12.8 Å². The van der Waals surface area contributed by atoms with Gasteiger partial charge >= 0.3 is 6.09 Å². The van der Waals surface area contributed by atoms with E-state index >= 15 is 0 Å². The van der Waals surface area contributed by atoms with Crippen LogP contribution in [0.15, 0.2) is 47.5 Å². The average Bonchev–Trinajstić information content (AvgIpc) is 2.80. The molecule has 2 aromatic carbocycles. The fraction of sp³-hybridized carbons (Fsp3) is 0.548. The average molecular weight is 504 g/mol. The topological polar surface area (TPSA) is 63.2 Å². The maximum atomic E-state index is 13.1. The molecule has 6 nitrogen and oxygen atoms in total. The van der Waals surface area contributed by atoms with E-state index in [2.05, 4.69) is 48.6 Å². The predicted molar refractivity (Wildman–Crippen MR) is 147 cm³/mol. The Balaban J connectivity index is 1.37. The van der Waals surface area contributed by atoms with Crippen LogP contribution in [0, 0.1) is 5.92 Å². The minimum Gasteiger partial charge on any atom is -0.497 e. The van der Waals surface area contributed by atoms with Gasteiger partial charge in [-0.05, 0) is 88.2 Å². The number of unbranched alkanes of at least 4 members (excludes halogenated alkanes) is 1. The number of rotatable bonds is 9. The van der Waals surface area contributed by atoms with Crippen molar-refractivity contribution < 1.29 is 14.3 Å². The van der Waals surface area contributed by atoms with Crippen molar-refractivity contribution in [2.75, 3.05) is 13.7 Å². The van der Waals surface area contributed by atoms with Crippen molar-refractivity contribution in [1.29, 1.82) is 0 Å². The van der Waals surface area contributed by atoms with Crippen molar-refractivity contribution in [3.05, 3.63) is 64.7 Å². The molecule has 3 saturated carbocycles. The zero-order valence-corrected chi connectivity index (χ0v) is 23.0. The first kappa shape index (κ1) is 25.8. The molecular weight excluding hydrogens is 462 g/mol. The molecule has 1 heterocycles. The van der Waals surface area contributed by atoms with E-state index in [4.69, 9.17) is 14.5 Å². The van der Waals surface area contributed by atoms with Crippen LogP contribution in [-0.2, 0) is 17.7 Å². The van der Waals surface area contributed by atoms with Crippen LogP contribution in [0.4, 0.5) is 4.79 Å². The quantitative estimate of drug-likeness (QED) is 0.421. The molecule has 1 aliphatic heterocycles. The summed E-state index contributed by atoms with van der Waals surface area (Å²) < 4.78 is 11.3. The molecule has 0 aromatic heterocycles. The molecule has 0 saturated heterocycles. The number of aliphatic imine (C=N–C) groups is 1. The van der Waals surface area contributed by atoms with Gasteiger partial charge in [-0.1, -0.05) is 37.6 Å². The van der Waals surface area contributed by atoms with Gasteiger partial charge in [0.2, 0.25) is 0 Å². The number of carbonyl (C=O) groups is 1. The van der Waals surface area contributed by atoms with Gasteiger partial charge in [0, 0.05) is 29.6 Å². The van der Waals surface area contributed by atoms with Gasteiger partial charge in [-0.15, -0.1) is 0 Å². The zero-order chi connectivity index (χ0) is 26.2. The summed E-state index contributed by atoms with van der Waals surface area (Å²) in [4.78, 5) is 20.3. The van der Waals surface area contributed by atoms with Crippen molar-refractivity contribution in [3.8, 4) is 5.75 Å². The molecule has 6 heteroatoms. The number of carbonyl (C=O) groups excluding carboxylic acids is 1. The lowest BCUT2D eigenvalue weighted by molar-refractivity contribution is -0.141. The lowest BCUT2D eigenvalue weighted by Gasteiger charge is -2.65. The summed E-state index contributed by atoms with van der Waals surface area (Å²) in [5, 5.41) is 3.62. The van der Waals surface area contributed by atoms with Crippen molar-refractivity contribution in [1.82, 2.24) is 10.2 Å². The number of fused-ring (bicyclic) bond motifs is 1. The summed E-state index contributed by atoms with van der Waals surface area (Å²) in [7, 11) is 1.71. The highest BCUT2D eigenvalue weighted by Crippen LogP contribution is 2.61. The molecule has 1 amide bonds. The molecule has 1 N–H and O–H groups in total. The van der Waals surface area contributed by atoms with E-state index in [1.54, 1.807) is 7.11 Å². The number of nitrogens with one attached hydrogen (secondary N) is 1. The largest absolute Gasteiger partial charge is 0.497 e. The number of benzene rings is 2. The van der Waals surface area contributed by atoms with Gasteiger partial charge in [0.25, 0.3) is 0 Å². The van der Waals surface area contributed by atoms with Gasteiger partial charge in [-0.25, -0.2) is 4.79 Å². The lowest BCUT2D eigenvalue weighted by Crippen LogP contribution is -2.69. The molecule has 3 aliphatic carbocycles. The molecular formula is C31H41N3O3. The van der Waals surface area contributed by atoms with Crippen molar-refractivity contribution in [2.24, 2.45) is 10.9 Å². The SMILES string of the molecule is CCCCN[C@H]1Cc2cc(OC)ccc2C(c2ccc(CN(C(=O)OC(C)(C)C)C34CC(C3)C4)cc2)=N1. The van der Waals surface area contributed by atoms with Gasteiger partial charge < -0.3 is 9.47 Å². The third-order valence-corrected chi connectivity index (χ3v) is 7.94. The van der Waals surface area contributed by atoms with Crippen molar-refractivity contribution >= 4 is 11.8 Å². The summed E-state index contributed by atoms with van der Waals surface area (Å²) in [6.45, 7) is 9.53. The van der Waals surface area contributed by atoms with E-state index in [9.17, 15) is 4.79 Å². The molecule has 2 aromatic rings. The number of ether oxygens (including phenoxy) is 2. The molecule has 1 atom stereocenters. The van der Waals surface area contributed by atoms with Crippen LogP contribution in [0.1, 0.15) is 82.1 Å². The third kappa shape index (κ3) is 5.40.